The largest absolute Gasteiger partial charge is 0.252 e. The van der Waals surface area contributed by atoms with E-state index < -0.39 is 0 Å². The van der Waals surface area contributed by atoms with Gasteiger partial charge >= 0.3 is 0 Å². The molecule has 72 valence electrons. The third kappa shape index (κ3) is 4.25. The minimum absolute atomic E-state index is 1.75. The molecule has 0 unspecified atom stereocenters. The summed E-state index contributed by atoms with van der Waals surface area (Å²) in [6.07, 6.45) is 14.6. The molecule has 2 aromatic heterocycles. The summed E-state index contributed by atoms with van der Waals surface area (Å²) in [4.78, 5) is 7.65. The second-order valence-electron chi connectivity index (χ2n) is 2.82. The Labute approximate surface area is 83.5 Å². The first kappa shape index (κ1) is 10.2. The molecule has 0 spiro atoms. The minimum Gasteiger partial charge on any atom is -0.252 e. The van der Waals surface area contributed by atoms with Crippen molar-refractivity contribution in [1.82, 2.24) is 9.97 Å². The number of rotatable bonds is 0. The molecule has 2 rings (SSSR count). The van der Waals surface area contributed by atoms with Gasteiger partial charge < -0.3 is 0 Å². The average Bonchev–Trinajstić information content (AvgIpc) is 2.21. The number of nitrogens with zero attached hydrogens (tertiary/aromatic N) is 4. The molecule has 0 aliphatic rings. The van der Waals surface area contributed by atoms with Crippen LogP contribution >= 0.6 is 0 Å². The third-order valence-corrected chi connectivity index (χ3v) is 1.55. The van der Waals surface area contributed by atoms with E-state index in [-0.39, 0.29) is 0 Å². The molecule has 0 aliphatic carbocycles. The second kappa shape index (κ2) is 5.75. The summed E-state index contributed by atoms with van der Waals surface area (Å²) in [5.74, 6) is 0. The minimum atomic E-state index is 1.75. The molecular weight excluding hydrogens is 176 g/mol. The van der Waals surface area contributed by atoms with Gasteiger partial charge in [0.05, 0.1) is 24.8 Å². The van der Waals surface area contributed by atoms with Crippen LogP contribution in [0.3, 0.4) is 0 Å². The zero-order valence-electron chi connectivity index (χ0n) is 8.41. The second-order valence-corrected chi connectivity index (χ2v) is 2.82. The van der Waals surface area contributed by atoms with Gasteiger partial charge in [-0.1, -0.05) is 0 Å². The fourth-order valence-corrected chi connectivity index (χ4v) is 0.773. The molecule has 14 heavy (non-hydrogen) atoms. The van der Waals surface area contributed by atoms with Gasteiger partial charge in [0.15, 0.2) is 24.8 Å². The van der Waals surface area contributed by atoms with Crippen molar-refractivity contribution in [2.24, 2.45) is 14.1 Å². The standard InChI is InChI=1S/2C5H7N2/c2*1-7-4-2-6-3-5-7/h2*2-5H,1H3/q2*+1. The Morgan fingerprint density at radius 2 is 0.929 bits per heavy atom. The molecule has 0 fully saturated rings. The fraction of sp³-hybridized carbons (Fsp3) is 0.200. The molecule has 0 N–H and O–H groups in total. The summed E-state index contributed by atoms with van der Waals surface area (Å²) in [6.45, 7) is 0. The molecular formula is C10H14N4+2. The monoisotopic (exact) mass is 190 g/mol. The fourth-order valence-electron chi connectivity index (χ4n) is 0.773. The van der Waals surface area contributed by atoms with Gasteiger partial charge in [-0.2, -0.15) is 0 Å². The van der Waals surface area contributed by atoms with Crippen molar-refractivity contribution in [3.05, 3.63) is 49.6 Å². The van der Waals surface area contributed by atoms with Crippen LogP contribution in [0.4, 0.5) is 0 Å². The number of aryl methyl sites for hydroxylation is 2. The van der Waals surface area contributed by atoms with Crippen LogP contribution in [0.1, 0.15) is 0 Å². The maximum atomic E-state index is 3.82. The van der Waals surface area contributed by atoms with E-state index in [1.807, 2.05) is 48.0 Å². The van der Waals surface area contributed by atoms with E-state index in [0.717, 1.165) is 0 Å². The molecule has 2 aromatic rings. The first-order valence-electron chi connectivity index (χ1n) is 4.29. The van der Waals surface area contributed by atoms with Crippen LogP contribution in [0.2, 0.25) is 0 Å². The highest BCUT2D eigenvalue weighted by molar-refractivity contribution is 4.62. The van der Waals surface area contributed by atoms with Gasteiger partial charge in [-0.25, -0.2) is 9.13 Å². The molecule has 4 heteroatoms. The number of hydrogen-bond acceptors (Lipinski definition) is 2. The summed E-state index contributed by atoms with van der Waals surface area (Å²) in [6, 6.07) is 0. The predicted molar refractivity (Wildman–Crippen MR) is 50.8 cm³/mol. The Balaban J connectivity index is 0.000000140. The van der Waals surface area contributed by atoms with Crippen molar-refractivity contribution in [2.75, 3.05) is 0 Å². The molecule has 0 aromatic carbocycles. The van der Waals surface area contributed by atoms with Crippen molar-refractivity contribution >= 4 is 0 Å². The van der Waals surface area contributed by atoms with Crippen LogP contribution in [0.15, 0.2) is 49.6 Å². The predicted octanol–water partition coefficient (Wildman–Crippen LogP) is -0.188. The SMILES string of the molecule is C[n+]1ccncc1.C[n+]1ccncc1. The molecule has 0 saturated heterocycles. The van der Waals surface area contributed by atoms with Crippen LogP contribution in [0.5, 0.6) is 0 Å². The Morgan fingerprint density at radius 3 is 1.07 bits per heavy atom. The Kier molecular flexibility index (Phi) is 4.20. The van der Waals surface area contributed by atoms with E-state index in [9.17, 15) is 0 Å². The zero-order valence-corrected chi connectivity index (χ0v) is 8.41. The van der Waals surface area contributed by atoms with Crippen molar-refractivity contribution in [3.8, 4) is 0 Å². The van der Waals surface area contributed by atoms with Gasteiger partial charge in [0.2, 0.25) is 0 Å². The first-order valence-corrected chi connectivity index (χ1v) is 4.29. The van der Waals surface area contributed by atoms with Crippen LogP contribution < -0.4 is 9.13 Å². The topological polar surface area (TPSA) is 33.5 Å². The summed E-state index contributed by atoms with van der Waals surface area (Å²) < 4.78 is 3.88. The first-order chi connectivity index (χ1) is 6.79. The molecule has 0 radical (unpaired) electrons. The summed E-state index contributed by atoms with van der Waals surface area (Å²) in [7, 11) is 3.92. The van der Waals surface area contributed by atoms with Crippen molar-refractivity contribution in [2.45, 2.75) is 0 Å². The van der Waals surface area contributed by atoms with E-state index >= 15 is 0 Å². The van der Waals surface area contributed by atoms with Crippen LogP contribution in [-0.4, -0.2) is 9.97 Å². The van der Waals surface area contributed by atoms with Crippen LogP contribution in [0.25, 0.3) is 0 Å². The summed E-state index contributed by atoms with van der Waals surface area (Å²) in [5.41, 5.74) is 0. The van der Waals surface area contributed by atoms with Gasteiger partial charge in [0.25, 0.3) is 0 Å². The van der Waals surface area contributed by atoms with Gasteiger partial charge in [-0.3, -0.25) is 9.97 Å². The van der Waals surface area contributed by atoms with Gasteiger partial charge in [0, 0.05) is 0 Å². The van der Waals surface area contributed by atoms with E-state index in [4.69, 9.17) is 0 Å². The van der Waals surface area contributed by atoms with E-state index in [1.165, 1.54) is 0 Å². The van der Waals surface area contributed by atoms with Crippen molar-refractivity contribution in [3.63, 3.8) is 0 Å². The summed E-state index contributed by atoms with van der Waals surface area (Å²) in [5, 5.41) is 0. The Bertz CT molecular complexity index is 310. The lowest BCUT2D eigenvalue weighted by molar-refractivity contribution is -0.672. The lowest BCUT2D eigenvalue weighted by atomic mass is 10.7. The van der Waals surface area contributed by atoms with Crippen molar-refractivity contribution < 1.29 is 9.13 Å². The highest BCUT2D eigenvalue weighted by Gasteiger charge is 1.80. The average molecular weight is 190 g/mol. The molecule has 0 saturated carbocycles. The quantitative estimate of drug-likeness (QED) is 0.540. The van der Waals surface area contributed by atoms with E-state index in [0.29, 0.717) is 0 Å². The van der Waals surface area contributed by atoms with Crippen molar-refractivity contribution in [1.29, 1.82) is 0 Å². The molecule has 0 aliphatic heterocycles. The lowest BCUT2D eigenvalue weighted by Crippen LogP contribution is -2.25. The Hall–Kier alpha value is -1.84. The van der Waals surface area contributed by atoms with Crippen LogP contribution in [0, 0.1) is 0 Å². The molecule has 0 bridgehead atoms. The molecule has 0 atom stereocenters. The van der Waals surface area contributed by atoms with E-state index in [1.54, 1.807) is 24.8 Å². The number of aromatic nitrogens is 4. The number of hydrogen-bond donors (Lipinski definition) is 0. The van der Waals surface area contributed by atoms with Gasteiger partial charge in [-0.15, -0.1) is 0 Å². The molecule has 0 amide bonds. The zero-order chi connectivity index (χ0) is 10.2. The Morgan fingerprint density at radius 1 is 0.643 bits per heavy atom. The maximum absolute atomic E-state index is 3.82. The highest BCUT2D eigenvalue weighted by Crippen LogP contribution is 1.63. The van der Waals surface area contributed by atoms with Gasteiger partial charge in [0.1, 0.15) is 14.1 Å². The smallest absolute Gasteiger partial charge is 0.186 e. The van der Waals surface area contributed by atoms with Gasteiger partial charge in [-0.05, 0) is 0 Å². The highest BCUT2D eigenvalue weighted by atomic mass is 14.9. The van der Waals surface area contributed by atoms with E-state index in [2.05, 4.69) is 9.97 Å². The lowest BCUT2D eigenvalue weighted by Gasteiger charge is -1.77. The van der Waals surface area contributed by atoms with Crippen LogP contribution in [-0.2, 0) is 14.1 Å². The summed E-state index contributed by atoms with van der Waals surface area (Å²) >= 11 is 0. The molecule has 4 nitrogen and oxygen atoms in total. The molecule has 2 heterocycles. The normalized spacial score (nSPS) is 8.71. The maximum Gasteiger partial charge on any atom is 0.186 e. The third-order valence-electron chi connectivity index (χ3n) is 1.55.